The number of carbonyl (C=O) groups is 1. The highest BCUT2D eigenvalue weighted by molar-refractivity contribution is 5.85. The molecule has 7 heteroatoms. The highest BCUT2D eigenvalue weighted by atomic mass is 16.7. The van der Waals surface area contributed by atoms with E-state index in [0.717, 1.165) is 17.1 Å². The summed E-state index contributed by atoms with van der Waals surface area (Å²) < 4.78 is 10.5. The summed E-state index contributed by atoms with van der Waals surface area (Å²) in [6.07, 6.45) is 0. The van der Waals surface area contributed by atoms with Gasteiger partial charge in [-0.15, -0.1) is 10.2 Å². The van der Waals surface area contributed by atoms with Crippen LogP contribution in [0.4, 0.5) is 5.82 Å². The van der Waals surface area contributed by atoms with Crippen molar-refractivity contribution in [3.8, 4) is 11.5 Å². The summed E-state index contributed by atoms with van der Waals surface area (Å²) in [6.45, 7) is 0.770. The molecule has 0 fully saturated rings. The molecule has 7 nitrogen and oxygen atoms in total. The van der Waals surface area contributed by atoms with E-state index >= 15 is 0 Å². The van der Waals surface area contributed by atoms with Crippen LogP contribution in [0.3, 0.4) is 0 Å². The molecule has 0 amide bonds. The number of ether oxygens (including phenoxy) is 2. The van der Waals surface area contributed by atoms with Gasteiger partial charge in [-0.05, 0) is 29.8 Å². The summed E-state index contributed by atoms with van der Waals surface area (Å²) in [5.74, 6) is 0.864. The van der Waals surface area contributed by atoms with Crippen molar-refractivity contribution in [3.05, 3.63) is 41.6 Å². The maximum atomic E-state index is 10.7. The number of nitrogens with zero attached hydrogens (tertiary/aromatic N) is 2. The average Bonchev–Trinajstić information content (AvgIpc) is 2.93. The van der Waals surface area contributed by atoms with Gasteiger partial charge in [0.15, 0.2) is 17.2 Å². The van der Waals surface area contributed by atoms with Crippen LogP contribution in [0.5, 0.6) is 11.5 Å². The number of carboxylic acids is 1. The van der Waals surface area contributed by atoms with Gasteiger partial charge < -0.3 is 19.9 Å². The number of benzene rings is 1. The molecule has 2 N–H and O–H groups in total. The van der Waals surface area contributed by atoms with E-state index in [0.29, 0.717) is 12.4 Å². The van der Waals surface area contributed by atoms with E-state index < -0.39 is 5.97 Å². The Bertz CT molecular complexity index is 643. The van der Waals surface area contributed by atoms with Crippen molar-refractivity contribution in [3.63, 3.8) is 0 Å². The number of aromatic nitrogens is 2. The van der Waals surface area contributed by atoms with E-state index in [-0.39, 0.29) is 12.5 Å². The lowest BCUT2D eigenvalue weighted by molar-refractivity contribution is 0.0689. The largest absolute Gasteiger partial charge is 0.476 e. The molecular formula is C13H11N3O4. The zero-order chi connectivity index (χ0) is 13.9. The van der Waals surface area contributed by atoms with Crippen LogP contribution in [0.2, 0.25) is 0 Å². The fraction of sp³-hybridized carbons (Fsp3) is 0.154. The van der Waals surface area contributed by atoms with Crippen molar-refractivity contribution in [1.82, 2.24) is 10.2 Å². The quantitative estimate of drug-likeness (QED) is 0.872. The maximum Gasteiger partial charge on any atom is 0.356 e. The van der Waals surface area contributed by atoms with Gasteiger partial charge in [0.05, 0.1) is 0 Å². The molecule has 0 aliphatic carbocycles. The Morgan fingerprint density at radius 1 is 1.20 bits per heavy atom. The average molecular weight is 273 g/mol. The van der Waals surface area contributed by atoms with Gasteiger partial charge in [-0.2, -0.15) is 0 Å². The van der Waals surface area contributed by atoms with E-state index in [1.54, 1.807) is 6.07 Å². The van der Waals surface area contributed by atoms with E-state index in [2.05, 4.69) is 15.5 Å². The van der Waals surface area contributed by atoms with Crippen LogP contribution >= 0.6 is 0 Å². The molecule has 20 heavy (non-hydrogen) atoms. The first-order valence-corrected chi connectivity index (χ1v) is 5.92. The first kappa shape index (κ1) is 12.2. The number of carboxylic acid groups (broad SMARTS) is 1. The number of rotatable bonds is 4. The van der Waals surface area contributed by atoms with Crippen LogP contribution in [0.15, 0.2) is 30.3 Å². The predicted octanol–water partition coefficient (Wildman–Crippen LogP) is 1.52. The minimum Gasteiger partial charge on any atom is -0.476 e. The highest BCUT2D eigenvalue weighted by Gasteiger charge is 2.13. The van der Waals surface area contributed by atoms with E-state index in [1.807, 2.05) is 18.2 Å². The third kappa shape index (κ3) is 2.46. The van der Waals surface area contributed by atoms with Crippen LogP contribution in [0.25, 0.3) is 0 Å². The van der Waals surface area contributed by atoms with Crippen LogP contribution in [-0.2, 0) is 6.54 Å². The van der Waals surface area contributed by atoms with Crippen molar-refractivity contribution in [2.24, 2.45) is 0 Å². The van der Waals surface area contributed by atoms with E-state index in [9.17, 15) is 4.79 Å². The van der Waals surface area contributed by atoms with Gasteiger partial charge >= 0.3 is 5.97 Å². The molecular weight excluding hydrogens is 262 g/mol. The monoisotopic (exact) mass is 273 g/mol. The lowest BCUT2D eigenvalue weighted by Crippen LogP contribution is -2.06. The summed E-state index contributed by atoms with van der Waals surface area (Å²) >= 11 is 0. The molecule has 0 radical (unpaired) electrons. The number of fused-ring (bicyclic) bond motifs is 1. The third-order valence-electron chi connectivity index (χ3n) is 2.79. The second-order valence-corrected chi connectivity index (χ2v) is 4.15. The molecule has 1 aromatic carbocycles. The zero-order valence-electron chi connectivity index (χ0n) is 10.4. The molecule has 0 unspecified atom stereocenters. The highest BCUT2D eigenvalue weighted by Crippen LogP contribution is 2.32. The van der Waals surface area contributed by atoms with Crippen molar-refractivity contribution in [2.75, 3.05) is 12.1 Å². The second-order valence-electron chi connectivity index (χ2n) is 4.15. The van der Waals surface area contributed by atoms with Gasteiger partial charge in [0.2, 0.25) is 6.79 Å². The fourth-order valence-corrected chi connectivity index (χ4v) is 1.78. The van der Waals surface area contributed by atoms with E-state index in [1.165, 1.54) is 6.07 Å². The number of hydrogen-bond acceptors (Lipinski definition) is 6. The number of aromatic carboxylic acids is 1. The van der Waals surface area contributed by atoms with Gasteiger partial charge in [0.1, 0.15) is 5.82 Å². The van der Waals surface area contributed by atoms with Gasteiger partial charge in [-0.1, -0.05) is 6.07 Å². The minimum atomic E-state index is -1.10. The Morgan fingerprint density at radius 2 is 2.05 bits per heavy atom. The minimum absolute atomic E-state index is 0.0846. The van der Waals surface area contributed by atoms with Gasteiger partial charge in [0, 0.05) is 6.54 Å². The molecule has 0 atom stereocenters. The molecule has 1 aliphatic heterocycles. The molecule has 0 saturated carbocycles. The van der Waals surface area contributed by atoms with Gasteiger partial charge in [0.25, 0.3) is 0 Å². The Hall–Kier alpha value is -2.83. The molecule has 0 bridgehead atoms. The van der Waals surface area contributed by atoms with Gasteiger partial charge in [-0.25, -0.2) is 4.79 Å². The number of nitrogens with one attached hydrogen (secondary N) is 1. The zero-order valence-corrected chi connectivity index (χ0v) is 10.4. The smallest absolute Gasteiger partial charge is 0.356 e. The maximum absolute atomic E-state index is 10.7. The SMILES string of the molecule is O=C(O)c1ccc(NCc2ccc3c(c2)OCO3)nn1. The van der Waals surface area contributed by atoms with Crippen molar-refractivity contribution in [2.45, 2.75) is 6.54 Å². The van der Waals surface area contributed by atoms with Crippen LogP contribution < -0.4 is 14.8 Å². The molecule has 102 valence electrons. The first-order valence-electron chi connectivity index (χ1n) is 5.92. The van der Waals surface area contributed by atoms with Crippen LogP contribution in [-0.4, -0.2) is 28.1 Å². The van der Waals surface area contributed by atoms with Crippen molar-refractivity contribution >= 4 is 11.8 Å². The van der Waals surface area contributed by atoms with Crippen molar-refractivity contribution in [1.29, 1.82) is 0 Å². The molecule has 2 heterocycles. The molecule has 0 spiro atoms. The normalized spacial score (nSPS) is 12.2. The Labute approximate surface area is 114 Å². The number of anilines is 1. The van der Waals surface area contributed by atoms with Crippen LogP contribution in [0, 0.1) is 0 Å². The predicted molar refractivity (Wildman–Crippen MR) is 68.9 cm³/mol. The lowest BCUT2D eigenvalue weighted by atomic mass is 10.2. The molecule has 1 aromatic heterocycles. The fourth-order valence-electron chi connectivity index (χ4n) is 1.78. The molecule has 1 aliphatic rings. The lowest BCUT2D eigenvalue weighted by Gasteiger charge is -2.06. The summed E-state index contributed by atoms with van der Waals surface area (Å²) in [5, 5.41) is 19.2. The van der Waals surface area contributed by atoms with E-state index in [4.69, 9.17) is 14.6 Å². The van der Waals surface area contributed by atoms with Crippen molar-refractivity contribution < 1.29 is 19.4 Å². The second kappa shape index (κ2) is 5.04. The molecule has 3 rings (SSSR count). The summed E-state index contributed by atoms with van der Waals surface area (Å²) in [6, 6.07) is 8.62. The summed E-state index contributed by atoms with van der Waals surface area (Å²) in [5.41, 5.74) is 0.914. The third-order valence-corrected chi connectivity index (χ3v) is 2.79. The molecule has 0 saturated heterocycles. The Kier molecular flexibility index (Phi) is 3.08. The van der Waals surface area contributed by atoms with Gasteiger partial charge in [-0.3, -0.25) is 0 Å². The standard InChI is InChI=1S/C13H11N3O4/c17-13(18)9-2-4-12(16-15-9)14-6-8-1-3-10-11(5-8)20-7-19-10/h1-5H,6-7H2,(H,14,16)(H,17,18). The summed E-state index contributed by atoms with van der Waals surface area (Å²) in [7, 11) is 0. The first-order chi connectivity index (χ1) is 9.72. The Morgan fingerprint density at radius 3 is 2.80 bits per heavy atom. The van der Waals surface area contributed by atoms with Crippen LogP contribution in [0.1, 0.15) is 16.1 Å². The topological polar surface area (TPSA) is 93.6 Å². The Balaban J connectivity index is 1.65. The summed E-state index contributed by atoms with van der Waals surface area (Å²) in [4.78, 5) is 10.7. The number of hydrogen-bond donors (Lipinski definition) is 2. The molecule has 2 aromatic rings.